The standard InChI is InChI=1S/C16H17NO3/c1-12-7-9-15(20-12)14(18)11-17-16(19)10-8-13-5-3-2-4-6-13/h2-10,14,18H,11H2,1H3,(H,17,19). The van der Waals surface area contributed by atoms with Gasteiger partial charge in [-0.2, -0.15) is 0 Å². The maximum atomic E-state index is 11.6. The summed E-state index contributed by atoms with van der Waals surface area (Å²) in [4.78, 5) is 11.6. The minimum atomic E-state index is -0.835. The van der Waals surface area contributed by atoms with Crippen LogP contribution in [0.4, 0.5) is 0 Å². The third-order valence-corrected chi connectivity index (χ3v) is 2.79. The van der Waals surface area contributed by atoms with E-state index in [0.29, 0.717) is 5.76 Å². The topological polar surface area (TPSA) is 62.5 Å². The van der Waals surface area contributed by atoms with Gasteiger partial charge >= 0.3 is 0 Å². The van der Waals surface area contributed by atoms with Crippen LogP contribution in [-0.2, 0) is 4.79 Å². The van der Waals surface area contributed by atoms with Crippen molar-refractivity contribution in [1.29, 1.82) is 0 Å². The predicted octanol–water partition coefficient (Wildman–Crippen LogP) is 2.45. The van der Waals surface area contributed by atoms with Gasteiger partial charge in [0, 0.05) is 6.08 Å². The number of hydrogen-bond acceptors (Lipinski definition) is 3. The van der Waals surface area contributed by atoms with Crippen LogP contribution in [0.5, 0.6) is 0 Å². The van der Waals surface area contributed by atoms with Gasteiger partial charge in [-0.1, -0.05) is 30.3 Å². The van der Waals surface area contributed by atoms with E-state index in [2.05, 4.69) is 5.32 Å². The van der Waals surface area contributed by atoms with Gasteiger partial charge in [-0.3, -0.25) is 4.79 Å². The summed E-state index contributed by atoms with van der Waals surface area (Å²) in [5.74, 6) is 0.931. The maximum absolute atomic E-state index is 11.6. The van der Waals surface area contributed by atoms with Crippen molar-refractivity contribution in [3.8, 4) is 0 Å². The number of aliphatic hydroxyl groups excluding tert-OH is 1. The summed E-state index contributed by atoms with van der Waals surface area (Å²) >= 11 is 0. The van der Waals surface area contributed by atoms with Gasteiger partial charge in [-0.25, -0.2) is 0 Å². The Labute approximate surface area is 117 Å². The number of rotatable bonds is 5. The molecule has 1 amide bonds. The number of nitrogens with one attached hydrogen (secondary N) is 1. The van der Waals surface area contributed by atoms with Crippen molar-refractivity contribution in [2.24, 2.45) is 0 Å². The van der Waals surface area contributed by atoms with Gasteiger partial charge in [0.15, 0.2) is 0 Å². The van der Waals surface area contributed by atoms with Gasteiger partial charge in [0.1, 0.15) is 17.6 Å². The first-order valence-electron chi connectivity index (χ1n) is 6.40. The first-order valence-corrected chi connectivity index (χ1v) is 6.40. The smallest absolute Gasteiger partial charge is 0.244 e. The van der Waals surface area contributed by atoms with Crippen LogP contribution < -0.4 is 5.32 Å². The molecule has 0 aliphatic heterocycles. The van der Waals surface area contributed by atoms with Gasteiger partial charge in [-0.15, -0.1) is 0 Å². The average molecular weight is 271 g/mol. The lowest BCUT2D eigenvalue weighted by molar-refractivity contribution is -0.116. The molecule has 0 fully saturated rings. The van der Waals surface area contributed by atoms with Crippen molar-refractivity contribution < 1.29 is 14.3 Å². The molecule has 1 aromatic heterocycles. The predicted molar refractivity (Wildman–Crippen MR) is 76.9 cm³/mol. The molecule has 0 saturated heterocycles. The summed E-state index contributed by atoms with van der Waals surface area (Å²) in [6, 6.07) is 13.0. The van der Waals surface area contributed by atoms with E-state index in [1.807, 2.05) is 30.3 Å². The molecule has 0 bridgehead atoms. The second-order valence-electron chi connectivity index (χ2n) is 4.45. The second-order valence-corrected chi connectivity index (χ2v) is 4.45. The number of amides is 1. The molecule has 0 aliphatic rings. The molecule has 2 rings (SSSR count). The third-order valence-electron chi connectivity index (χ3n) is 2.79. The van der Waals surface area contributed by atoms with Gasteiger partial charge in [0.2, 0.25) is 5.91 Å². The zero-order valence-electron chi connectivity index (χ0n) is 11.2. The van der Waals surface area contributed by atoms with Crippen LogP contribution in [0.2, 0.25) is 0 Å². The highest BCUT2D eigenvalue weighted by molar-refractivity contribution is 5.91. The van der Waals surface area contributed by atoms with E-state index in [1.165, 1.54) is 6.08 Å². The van der Waals surface area contributed by atoms with Crippen LogP contribution >= 0.6 is 0 Å². The van der Waals surface area contributed by atoms with Crippen molar-refractivity contribution in [3.05, 3.63) is 65.6 Å². The Balaban J connectivity index is 1.82. The minimum Gasteiger partial charge on any atom is -0.464 e. The summed E-state index contributed by atoms with van der Waals surface area (Å²) in [5, 5.41) is 12.5. The highest BCUT2D eigenvalue weighted by Gasteiger charge is 2.11. The third kappa shape index (κ3) is 4.10. The lowest BCUT2D eigenvalue weighted by atomic mass is 10.2. The van der Waals surface area contributed by atoms with Crippen molar-refractivity contribution in [3.63, 3.8) is 0 Å². The molecular weight excluding hydrogens is 254 g/mol. The zero-order valence-corrected chi connectivity index (χ0v) is 11.2. The van der Waals surface area contributed by atoms with E-state index in [9.17, 15) is 9.90 Å². The molecule has 2 aromatic rings. The van der Waals surface area contributed by atoms with Crippen molar-refractivity contribution >= 4 is 12.0 Å². The molecule has 4 heteroatoms. The average Bonchev–Trinajstić information content (AvgIpc) is 2.90. The Bertz CT molecular complexity index is 587. The van der Waals surface area contributed by atoms with Gasteiger partial charge < -0.3 is 14.8 Å². The SMILES string of the molecule is Cc1ccc(C(O)CNC(=O)C=Cc2ccccc2)o1. The molecule has 1 aromatic carbocycles. The first kappa shape index (κ1) is 14.1. The molecule has 4 nitrogen and oxygen atoms in total. The maximum Gasteiger partial charge on any atom is 0.244 e. The van der Waals surface area contributed by atoms with Gasteiger partial charge in [0.05, 0.1) is 6.54 Å². The molecule has 0 radical (unpaired) electrons. The van der Waals surface area contributed by atoms with Crippen LogP contribution in [0.15, 0.2) is 53.0 Å². The minimum absolute atomic E-state index is 0.116. The highest BCUT2D eigenvalue weighted by Crippen LogP contribution is 2.14. The fourth-order valence-corrected chi connectivity index (χ4v) is 1.73. The molecule has 20 heavy (non-hydrogen) atoms. The molecule has 0 spiro atoms. The van der Waals surface area contributed by atoms with Crippen LogP contribution in [0.25, 0.3) is 6.08 Å². The van der Waals surface area contributed by atoms with E-state index in [4.69, 9.17) is 4.42 Å². The second kappa shape index (κ2) is 6.73. The summed E-state index contributed by atoms with van der Waals surface area (Å²) in [7, 11) is 0. The van der Waals surface area contributed by atoms with Crippen molar-refractivity contribution in [2.45, 2.75) is 13.0 Å². The number of hydrogen-bond donors (Lipinski definition) is 2. The van der Waals surface area contributed by atoms with Crippen molar-refractivity contribution in [1.82, 2.24) is 5.32 Å². The number of aliphatic hydroxyl groups is 1. The molecule has 104 valence electrons. The fraction of sp³-hybridized carbons (Fsp3) is 0.188. The number of aryl methyl sites for hydroxylation is 1. The lowest BCUT2D eigenvalue weighted by Crippen LogP contribution is -2.26. The van der Waals surface area contributed by atoms with Crippen LogP contribution in [0, 0.1) is 6.92 Å². The Morgan fingerprint density at radius 2 is 2.05 bits per heavy atom. The van der Waals surface area contributed by atoms with Crippen LogP contribution in [-0.4, -0.2) is 17.6 Å². The van der Waals surface area contributed by atoms with E-state index in [1.54, 1.807) is 25.1 Å². The molecular formula is C16H17NO3. The summed E-state index contributed by atoms with van der Waals surface area (Å²) < 4.78 is 5.29. The van der Waals surface area contributed by atoms with E-state index in [0.717, 1.165) is 11.3 Å². The number of carbonyl (C=O) groups is 1. The Kier molecular flexibility index (Phi) is 4.74. The quantitative estimate of drug-likeness (QED) is 0.821. The molecule has 2 N–H and O–H groups in total. The highest BCUT2D eigenvalue weighted by atomic mass is 16.4. The number of carbonyl (C=O) groups excluding carboxylic acids is 1. The Morgan fingerprint density at radius 3 is 2.70 bits per heavy atom. The molecule has 1 atom stereocenters. The molecule has 1 heterocycles. The first-order chi connectivity index (χ1) is 9.65. The Hall–Kier alpha value is -2.33. The normalized spacial score (nSPS) is 12.5. The van der Waals surface area contributed by atoms with Gasteiger partial charge in [-0.05, 0) is 30.7 Å². The van der Waals surface area contributed by atoms with E-state index >= 15 is 0 Å². The fourth-order valence-electron chi connectivity index (χ4n) is 1.73. The van der Waals surface area contributed by atoms with E-state index < -0.39 is 6.10 Å². The monoisotopic (exact) mass is 271 g/mol. The van der Waals surface area contributed by atoms with Crippen LogP contribution in [0.1, 0.15) is 23.2 Å². The Morgan fingerprint density at radius 1 is 1.30 bits per heavy atom. The van der Waals surface area contributed by atoms with Gasteiger partial charge in [0.25, 0.3) is 0 Å². The lowest BCUT2D eigenvalue weighted by Gasteiger charge is -2.07. The van der Waals surface area contributed by atoms with Crippen LogP contribution in [0.3, 0.4) is 0 Å². The molecule has 0 aliphatic carbocycles. The summed E-state index contributed by atoms with van der Waals surface area (Å²) in [6.07, 6.45) is 2.33. The number of furan rings is 1. The number of benzene rings is 1. The summed E-state index contributed by atoms with van der Waals surface area (Å²) in [5.41, 5.74) is 0.949. The molecule has 0 saturated carbocycles. The van der Waals surface area contributed by atoms with E-state index in [-0.39, 0.29) is 12.5 Å². The summed E-state index contributed by atoms with van der Waals surface area (Å²) in [6.45, 7) is 1.92. The zero-order chi connectivity index (χ0) is 14.4. The molecule has 1 unspecified atom stereocenters. The largest absolute Gasteiger partial charge is 0.464 e. The van der Waals surface area contributed by atoms with Crippen molar-refractivity contribution in [2.75, 3.05) is 6.54 Å².